The summed E-state index contributed by atoms with van der Waals surface area (Å²) >= 11 is 0. The van der Waals surface area contributed by atoms with Crippen molar-refractivity contribution in [1.29, 1.82) is 0 Å². The van der Waals surface area contributed by atoms with Crippen molar-refractivity contribution in [3.63, 3.8) is 0 Å². The van der Waals surface area contributed by atoms with Gasteiger partial charge in [0.25, 0.3) is 0 Å². The normalized spacial score (nSPS) is 12.1. The predicted octanol–water partition coefficient (Wildman–Crippen LogP) is 13.2. The average Bonchev–Trinajstić information content (AvgIpc) is 4.03. The smallest absolute Gasteiger partial charge is 0.135 e. The molecule has 7 aromatic heterocycles. The van der Waals surface area contributed by atoms with Crippen molar-refractivity contribution in [2.75, 3.05) is 0 Å². The highest BCUT2D eigenvalue weighted by atomic mass is 16.3. The number of hydrogen-bond acceptors (Lipinski definition) is 5. The highest BCUT2D eigenvalue weighted by Crippen LogP contribution is 2.41. The van der Waals surface area contributed by atoms with Gasteiger partial charge >= 0.3 is 0 Å². The predicted molar refractivity (Wildman–Crippen MR) is 234 cm³/mol. The van der Waals surface area contributed by atoms with E-state index in [2.05, 4.69) is 154 Å². The lowest BCUT2D eigenvalue weighted by molar-refractivity contribution is 0.668. The number of furan rings is 2. The van der Waals surface area contributed by atoms with Crippen LogP contribution in [0, 0.1) is 0 Å². The molecule has 0 aliphatic heterocycles. The van der Waals surface area contributed by atoms with E-state index < -0.39 is 0 Å². The molecule has 0 N–H and O–H groups in total. The number of rotatable bonds is 4. The van der Waals surface area contributed by atoms with Gasteiger partial charge in [0, 0.05) is 74.0 Å². The quantitative estimate of drug-likeness (QED) is 0.179. The minimum atomic E-state index is 0.839. The Labute approximate surface area is 329 Å². The Morgan fingerprint density at radius 2 is 0.828 bits per heavy atom. The zero-order valence-electron chi connectivity index (χ0n) is 30.8. The summed E-state index contributed by atoms with van der Waals surface area (Å²) in [5, 5.41) is 6.47. The first kappa shape index (κ1) is 31.2. The summed E-state index contributed by atoms with van der Waals surface area (Å²) in [6.07, 6.45) is 7.54. The SMILES string of the molecule is c1ccc2c(c1)c1ncccc1n2-c1ccc2oc3ccc(-c4ccncc4-c4ccc5oc6ccc(-n7c8ccccc8c8ncccc87)cc6c5c4)cc3c2c1. The Morgan fingerprint density at radius 3 is 1.38 bits per heavy atom. The molecule has 0 amide bonds. The van der Waals surface area contributed by atoms with Crippen LogP contribution in [-0.2, 0) is 0 Å². The fraction of sp³-hybridized carbons (Fsp3) is 0. The first-order valence-corrected chi connectivity index (χ1v) is 19.3. The topological polar surface area (TPSA) is 74.8 Å². The Hall–Kier alpha value is -8.03. The molecule has 0 fully saturated rings. The maximum Gasteiger partial charge on any atom is 0.135 e. The minimum absolute atomic E-state index is 0.839. The van der Waals surface area contributed by atoms with Gasteiger partial charge in [-0.1, -0.05) is 48.5 Å². The number of fused-ring (bicyclic) bond motifs is 12. The van der Waals surface area contributed by atoms with E-state index >= 15 is 0 Å². The van der Waals surface area contributed by atoms with Crippen LogP contribution in [-0.4, -0.2) is 24.1 Å². The van der Waals surface area contributed by atoms with Crippen LogP contribution >= 0.6 is 0 Å². The van der Waals surface area contributed by atoms with Gasteiger partial charge in [0.1, 0.15) is 22.3 Å². The lowest BCUT2D eigenvalue weighted by Gasteiger charge is -2.10. The highest BCUT2D eigenvalue weighted by molar-refractivity contribution is 6.12. The monoisotopic (exact) mass is 743 g/mol. The number of nitrogens with zero attached hydrogens (tertiary/aromatic N) is 5. The summed E-state index contributed by atoms with van der Waals surface area (Å²) in [4.78, 5) is 14.1. The maximum absolute atomic E-state index is 6.42. The van der Waals surface area contributed by atoms with Crippen LogP contribution in [0.15, 0.2) is 185 Å². The third-order valence-corrected chi connectivity index (χ3v) is 11.7. The van der Waals surface area contributed by atoms with Crippen molar-refractivity contribution in [3.05, 3.63) is 176 Å². The third kappa shape index (κ3) is 4.41. The lowest BCUT2D eigenvalue weighted by atomic mass is 9.94. The molecule has 270 valence electrons. The molecule has 13 rings (SSSR count). The van der Waals surface area contributed by atoms with Gasteiger partial charge in [-0.05, 0) is 120 Å². The fourth-order valence-corrected chi connectivity index (χ4v) is 9.14. The lowest BCUT2D eigenvalue weighted by Crippen LogP contribution is -1.93. The molecule has 7 heteroatoms. The molecule has 7 heterocycles. The molecule has 58 heavy (non-hydrogen) atoms. The van der Waals surface area contributed by atoms with Gasteiger partial charge in [-0.15, -0.1) is 0 Å². The van der Waals surface area contributed by atoms with Crippen LogP contribution < -0.4 is 0 Å². The molecule has 0 aliphatic rings. The zero-order valence-corrected chi connectivity index (χ0v) is 30.8. The molecule has 0 atom stereocenters. The van der Waals surface area contributed by atoms with E-state index in [4.69, 9.17) is 18.8 Å². The first-order chi connectivity index (χ1) is 28.7. The molecule has 0 saturated carbocycles. The second kappa shape index (κ2) is 11.7. The molecular formula is C51H29N5O2. The summed E-state index contributed by atoms with van der Waals surface area (Å²) in [6.45, 7) is 0. The van der Waals surface area contributed by atoms with Gasteiger partial charge in [-0.3, -0.25) is 15.0 Å². The van der Waals surface area contributed by atoms with E-state index in [1.54, 1.807) is 0 Å². The molecule has 0 saturated heterocycles. The van der Waals surface area contributed by atoms with Crippen LogP contribution in [0.4, 0.5) is 0 Å². The van der Waals surface area contributed by atoms with Gasteiger partial charge in [0.15, 0.2) is 0 Å². The molecule has 0 unspecified atom stereocenters. The maximum atomic E-state index is 6.42. The Morgan fingerprint density at radius 1 is 0.362 bits per heavy atom. The van der Waals surface area contributed by atoms with Crippen LogP contribution in [0.1, 0.15) is 0 Å². The second-order valence-corrected chi connectivity index (χ2v) is 14.9. The van der Waals surface area contributed by atoms with Crippen molar-refractivity contribution in [2.24, 2.45) is 0 Å². The number of benzene rings is 6. The molecule has 0 aliphatic carbocycles. The van der Waals surface area contributed by atoms with E-state index in [1.165, 1.54) is 0 Å². The average molecular weight is 744 g/mol. The van der Waals surface area contributed by atoms with Crippen LogP contribution in [0.25, 0.3) is 121 Å². The van der Waals surface area contributed by atoms with Gasteiger partial charge < -0.3 is 18.0 Å². The Balaban J connectivity index is 0.948. The zero-order chi connectivity index (χ0) is 37.9. The van der Waals surface area contributed by atoms with E-state index in [0.717, 1.165) is 121 Å². The highest BCUT2D eigenvalue weighted by Gasteiger charge is 2.19. The number of pyridine rings is 3. The van der Waals surface area contributed by atoms with Crippen molar-refractivity contribution in [2.45, 2.75) is 0 Å². The number of hydrogen-bond donors (Lipinski definition) is 0. The van der Waals surface area contributed by atoms with Gasteiger partial charge in [0.2, 0.25) is 0 Å². The molecule has 13 aromatic rings. The molecule has 6 aromatic carbocycles. The van der Waals surface area contributed by atoms with Gasteiger partial charge in [-0.2, -0.15) is 0 Å². The Bertz CT molecular complexity index is 3470. The second-order valence-electron chi connectivity index (χ2n) is 14.9. The summed E-state index contributed by atoms with van der Waals surface area (Å²) in [7, 11) is 0. The molecule has 7 nitrogen and oxygen atoms in total. The molecule has 0 radical (unpaired) electrons. The standard InChI is InChI=1S/C51H29N5O2/c1-3-9-42-35(7-1)50-44(11-5-22-53-50)55(42)32-15-19-48-39(27-32)37-25-30(13-17-46(37)57-48)34-21-24-52-29-41(34)31-14-18-47-38(26-31)40-28-33(16-20-49(40)58-47)56-43-10-4-2-8-36(43)51-45(56)12-6-23-54-51/h1-29H. The summed E-state index contributed by atoms with van der Waals surface area (Å²) in [5.41, 5.74) is 16.1. The summed E-state index contributed by atoms with van der Waals surface area (Å²) < 4.78 is 17.4. The van der Waals surface area contributed by atoms with E-state index in [1.807, 2.05) is 36.9 Å². The Kier molecular flexibility index (Phi) is 6.32. The van der Waals surface area contributed by atoms with Crippen molar-refractivity contribution in [1.82, 2.24) is 24.1 Å². The molecular weight excluding hydrogens is 715 g/mol. The van der Waals surface area contributed by atoms with Crippen LogP contribution in [0.3, 0.4) is 0 Å². The number of aromatic nitrogens is 5. The minimum Gasteiger partial charge on any atom is -0.456 e. The molecule has 0 spiro atoms. The van der Waals surface area contributed by atoms with Gasteiger partial charge in [-0.25, -0.2) is 0 Å². The van der Waals surface area contributed by atoms with Crippen molar-refractivity contribution < 1.29 is 8.83 Å². The van der Waals surface area contributed by atoms with E-state index in [-0.39, 0.29) is 0 Å². The van der Waals surface area contributed by atoms with Crippen molar-refractivity contribution >= 4 is 87.7 Å². The third-order valence-electron chi connectivity index (χ3n) is 11.7. The van der Waals surface area contributed by atoms with Gasteiger partial charge in [0.05, 0.1) is 33.1 Å². The summed E-state index contributed by atoms with van der Waals surface area (Å²) in [6, 6.07) is 53.0. The van der Waals surface area contributed by atoms with E-state index in [9.17, 15) is 0 Å². The molecule has 0 bridgehead atoms. The largest absolute Gasteiger partial charge is 0.456 e. The van der Waals surface area contributed by atoms with Crippen LogP contribution in [0.5, 0.6) is 0 Å². The summed E-state index contributed by atoms with van der Waals surface area (Å²) in [5.74, 6) is 0. The van der Waals surface area contributed by atoms with Crippen molar-refractivity contribution in [3.8, 4) is 33.6 Å². The van der Waals surface area contributed by atoms with Crippen LogP contribution in [0.2, 0.25) is 0 Å². The van der Waals surface area contributed by atoms with E-state index in [0.29, 0.717) is 0 Å². The first-order valence-electron chi connectivity index (χ1n) is 19.3. The fourth-order valence-electron chi connectivity index (χ4n) is 9.14. The number of para-hydroxylation sites is 2.